The molecule has 1 aromatic rings. The van der Waals surface area contributed by atoms with Gasteiger partial charge in [0.05, 0.1) is 5.69 Å². The molecule has 0 aliphatic carbocycles. The van der Waals surface area contributed by atoms with Crippen LogP contribution in [0.3, 0.4) is 0 Å². The molecule has 16 heavy (non-hydrogen) atoms. The number of carbonyl (C=O) groups excluding carboxylic acids is 2. The van der Waals surface area contributed by atoms with Gasteiger partial charge in [-0.25, -0.2) is 4.79 Å². The van der Waals surface area contributed by atoms with Crippen molar-refractivity contribution < 1.29 is 14.4 Å². The minimum atomic E-state index is -0.679. The second-order valence-corrected chi connectivity index (χ2v) is 4.23. The molecule has 3 amide bonds. The zero-order valence-corrected chi connectivity index (χ0v) is 10.0. The topological polar surface area (TPSA) is 58.6 Å². The van der Waals surface area contributed by atoms with E-state index in [9.17, 15) is 9.59 Å². The maximum absolute atomic E-state index is 11.5. The highest BCUT2D eigenvalue weighted by Gasteiger charge is 2.31. The van der Waals surface area contributed by atoms with Gasteiger partial charge in [-0.1, -0.05) is 15.9 Å². The number of halogens is 1. The summed E-state index contributed by atoms with van der Waals surface area (Å²) >= 11 is 3.29. The van der Waals surface area contributed by atoms with Crippen molar-refractivity contribution in [3.63, 3.8) is 0 Å². The number of nitrogens with zero attached hydrogens (tertiary/aromatic N) is 1. The van der Waals surface area contributed by atoms with Crippen LogP contribution in [0.1, 0.15) is 6.92 Å². The van der Waals surface area contributed by atoms with Crippen LogP contribution in [0.15, 0.2) is 28.7 Å². The van der Waals surface area contributed by atoms with Crippen LogP contribution in [0.25, 0.3) is 0 Å². The average Bonchev–Trinajstić information content (AvgIpc) is 2.25. The van der Waals surface area contributed by atoms with Gasteiger partial charge in [0.1, 0.15) is 0 Å². The largest absolute Gasteiger partial charge is 0.352 e. The van der Waals surface area contributed by atoms with Crippen LogP contribution in [0.5, 0.6) is 0 Å². The Balaban J connectivity index is 2.24. The summed E-state index contributed by atoms with van der Waals surface area (Å²) in [5.74, 6) is -0.432. The van der Waals surface area contributed by atoms with E-state index in [0.717, 1.165) is 9.54 Å². The minimum Gasteiger partial charge on any atom is -0.273 e. The third kappa shape index (κ3) is 2.07. The summed E-state index contributed by atoms with van der Waals surface area (Å²) in [4.78, 5) is 27.8. The highest BCUT2D eigenvalue weighted by atomic mass is 79.9. The first-order valence-electron chi connectivity index (χ1n) is 4.65. The van der Waals surface area contributed by atoms with E-state index < -0.39 is 18.0 Å². The van der Waals surface area contributed by atoms with E-state index >= 15 is 0 Å². The molecule has 1 atom stereocenters. The second kappa shape index (κ2) is 4.23. The number of anilines is 1. The van der Waals surface area contributed by atoms with Gasteiger partial charge in [-0.3, -0.25) is 14.9 Å². The molecule has 1 fully saturated rings. The van der Waals surface area contributed by atoms with Crippen LogP contribution in [-0.2, 0) is 9.63 Å². The standard InChI is InChI=1S/C10H9BrN2O3/c1-6-9(14)12-10(15)13(16-6)8-4-2-7(11)3-5-8/h2-6H,1H3,(H,12,14,15)/t6-/m0/s1. The molecule has 0 unspecified atom stereocenters. The maximum Gasteiger partial charge on any atom is 0.352 e. The van der Waals surface area contributed by atoms with Crippen molar-refractivity contribution in [3.8, 4) is 0 Å². The van der Waals surface area contributed by atoms with E-state index in [4.69, 9.17) is 4.84 Å². The Kier molecular flexibility index (Phi) is 2.93. The Hall–Kier alpha value is -1.40. The molecule has 0 aromatic heterocycles. The molecule has 84 valence electrons. The van der Waals surface area contributed by atoms with Gasteiger partial charge >= 0.3 is 6.03 Å². The molecule has 6 heteroatoms. The van der Waals surface area contributed by atoms with Gasteiger partial charge < -0.3 is 0 Å². The van der Waals surface area contributed by atoms with Gasteiger partial charge in [0.25, 0.3) is 5.91 Å². The average molecular weight is 285 g/mol. The third-order valence-electron chi connectivity index (χ3n) is 2.11. The highest BCUT2D eigenvalue weighted by Crippen LogP contribution is 2.21. The first kappa shape index (κ1) is 11.1. The van der Waals surface area contributed by atoms with Crippen molar-refractivity contribution in [1.82, 2.24) is 5.32 Å². The zero-order valence-electron chi connectivity index (χ0n) is 8.44. The Labute approximate surface area is 100 Å². The number of imide groups is 1. The quantitative estimate of drug-likeness (QED) is 0.856. The molecule has 2 rings (SSSR count). The van der Waals surface area contributed by atoms with Crippen molar-refractivity contribution in [2.75, 3.05) is 5.06 Å². The van der Waals surface area contributed by atoms with Crippen molar-refractivity contribution in [1.29, 1.82) is 0 Å². The van der Waals surface area contributed by atoms with Gasteiger partial charge in [0.15, 0.2) is 6.10 Å². The van der Waals surface area contributed by atoms with Crippen LogP contribution >= 0.6 is 15.9 Å². The number of rotatable bonds is 1. The molecule has 0 spiro atoms. The lowest BCUT2D eigenvalue weighted by atomic mass is 10.3. The lowest BCUT2D eigenvalue weighted by Crippen LogP contribution is -2.54. The fourth-order valence-electron chi connectivity index (χ4n) is 1.27. The first-order chi connectivity index (χ1) is 7.58. The number of amides is 3. The number of urea groups is 1. The Morgan fingerprint density at radius 1 is 1.31 bits per heavy atom. The van der Waals surface area contributed by atoms with Gasteiger partial charge in [0.2, 0.25) is 0 Å². The lowest BCUT2D eigenvalue weighted by Gasteiger charge is -2.29. The molecule has 1 saturated heterocycles. The van der Waals surface area contributed by atoms with Gasteiger partial charge in [-0.15, -0.1) is 0 Å². The smallest absolute Gasteiger partial charge is 0.273 e. The number of hydrogen-bond acceptors (Lipinski definition) is 3. The number of carbonyl (C=O) groups is 2. The molecular formula is C10H9BrN2O3. The van der Waals surface area contributed by atoms with E-state index in [1.54, 1.807) is 31.2 Å². The van der Waals surface area contributed by atoms with Crippen molar-refractivity contribution in [2.45, 2.75) is 13.0 Å². The first-order valence-corrected chi connectivity index (χ1v) is 5.44. The van der Waals surface area contributed by atoms with Gasteiger partial charge in [0, 0.05) is 4.47 Å². The van der Waals surface area contributed by atoms with Crippen molar-refractivity contribution in [3.05, 3.63) is 28.7 Å². The second-order valence-electron chi connectivity index (χ2n) is 3.31. The minimum absolute atomic E-state index is 0.432. The Bertz CT molecular complexity index is 432. The van der Waals surface area contributed by atoms with E-state index in [1.807, 2.05) is 0 Å². The summed E-state index contributed by atoms with van der Waals surface area (Å²) in [5.41, 5.74) is 0.569. The molecule has 1 aliphatic rings. The fourth-order valence-corrected chi connectivity index (χ4v) is 1.53. The highest BCUT2D eigenvalue weighted by molar-refractivity contribution is 9.10. The predicted octanol–water partition coefficient (Wildman–Crippen LogP) is 1.83. The number of nitrogens with one attached hydrogen (secondary N) is 1. The molecule has 5 nitrogen and oxygen atoms in total. The van der Waals surface area contributed by atoms with Gasteiger partial charge in [-0.2, -0.15) is 5.06 Å². The van der Waals surface area contributed by atoms with E-state index in [2.05, 4.69) is 21.2 Å². The Morgan fingerprint density at radius 3 is 2.56 bits per heavy atom. The molecule has 0 bridgehead atoms. The zero-order chi connectivity index (χ0) is 11.7. The maximum atomic E-state index is 11.5. The van der Waals surface area contributed by atoms with Gasteiger partial charge in [-0.05, 0) is 31.2 Å². The van der Waals surface area contributed by atoms with Crippen molar-refractivity contribution >= 4 is 33.6 Å². The van der Waals surface area contributed by atoms with Crippen LogP contribution in [-0.4, -0.2) is 18.0 Å². The normalized spacial score (nSPS) is 20.9. The summed E-state index contributed by atoms with van der Waals surface area (Å²) in [6.45, 7) is 1.58. The number of benzene rings is 1. The monoisotopic (exact) mass is 284 g/mol. The summed E-state index contributed by atoms with van der Waals surface area (Å²) < 4.78 is 0.901. The number of hydrogen-bond donors (Lipinski definition) is 1. The van der Waals surface area contributed by atoms with E-state index in [1.165, 1.54) is 0 Å². The summed E-state index contributed by atoms with van der Waals surface area (Å²) in [7, 11) is 0. The summed E-state index contributed by atoms with van der Waals surface area (Å²) in [6, 6.07) is 6.42. The van der Waals surface area contributed by atoms with Crippen LogP contribution in [0, 0.1) is 0 Å². The molecule has 0 saturated carbocycles. The molecule has 1 aromatic carbocycles. The molecule has 1 N–H and O–H groups in total. The van der Waals surface area contributed by atoms with E-state index in [-0.39, 0.29) is 0 Å². The predicted molar refractivity (Wildman–Crippen MR) is 60.7 cm³/mol. The van der Waals surface area contributed by atoms with Crippen molar-refractivity contribution in [2.24, 2.45) is 0 Å². The number of hydroxylamine groups is 1. The summed E-state index contributed by atoms with van der Waals surface area (Å²) in [5, 5.41) is 3.27. The van der Waals surface area contributed by atoms with Crippen LogP contribution in [0.2, 0.25) is 0 Å². The molecular weight excluding hydrogens is 276 g/mol. The van der Waals surface area contributed by atoms with Crippen LogP contribution in [0.4, 0.5) is 10.5 Å². The fraction of sp³-hybridized carbons (Fsp3) is 0.200. The van der Waals surface area contributed by atoms with E-state index in [0.29, 0.717) is 5.69 Å². The molecule has 1 aliphatic heterocycles. The molecule has 0 radical (unpaired) electrons. The lowest BCUT2D eigenvalue weighted by molar-refractivity contribution is -0.133. The molecule has 1 heterocycles. The van der Waals surface area contributed by atoms with Crippen LogP contribution < -0.4 is 10.4 Å². The SMILES string of the molecule is C[C@@H]1ON(c2ccc(Br)cc2)C(=O)NC1=O. The third-order valence-corrected chi connectivity index (χ3v) is 2.64. The summed E-state index contributed by atoms with van der Waals surface area (Å²) in [6.07, 6.45) is -0.679. The Morgan fingerprint density at radius 2 is 1.94 bits per heavy atom.